The third-order valence-electron chi connectivity index (χ3n) is 6.58. The Kier molecular flexibility index (Phi) is 7.04. The number of nitrogens with two attached hydrogens (primary N) is 1. The third kappa shape index (κ3) is 4.52. The number of carbonyl (C=O) groups is 1. The monoisotopic (exact) mass is 503 g/mol. The van der Waals surface area contributed by atoms with Crippen molar-refractivity contribution in [2.45, 2.75) is 38.0 Å². The van der Waals surface area contributed by atoms with Crippen LogP contribution in [0.3, 0.4) is 0 Å². The Morgan fingerprint density at radius 1 is 1.06 bits per heavy atom. The smallest absolute Gasteiger partial charge is 0.320 e. The molecule has 4 rings (SSSR count). The summed E-state index contributed by atoms with van der Waals surface area (Å²) < 4.78 is 32.0. The van der Waals surface area contributed by atoms with Crippen LogP contribution in [0.2, 0.25) is 0 Å². The van der Waals surface area contributed by atoms with E-state index in [4.69, 9.17) is 11.1 Å². The van der Waals surface area contributed by atoms with Gasteiger partial charge in [-0.25, -0.2) is 4.98 Å². The molecule has 0 bridgehead atoms. The number of hydrogen-bond acceptors (Lipinski definition) is 4. The Labute approximate surface area is 207 Å². The number of nitrogen functional groups attached to an aromatic ring is 1. The molecule has 0 aliphatic carbocycles. The van der Waals surface area contributed by atoms with Gasteiger partial charge in [0, 0.05) is 31.3 Å². The molecule has 35 heavy (non-hydrogen) atoms. The van der Waals surface area contributed by atoms with E-state index in [1.807, 2.05) is 18.7 Å². The van der Waals surface area contributed by atoms with Gasteiger partial charge in [-0.15, -0.1) is 12.4 Å². The van der Waals surface area contributed by atoms with Crippen LogP contribution >= 0.6 is 12.4 Å². The minimum absolute atomic E-state index is 0. The van der Waals surface area contributed by atoms with Crippen LogP contribution in [0.5, 0.6) is 0 Å². The lowest BCUT2D eigenvalue weighted by Crippen LogP contribution is -2.42. The van der Waals surface area contributed by atoms with Gasteiger partial charge in [0.15, 0.2) is 5.69 Å². The number of alkyl halides is 2. The van der Waals surface area contributed by atoms with Crippen molar-refractivity contribution in [1.29, 1.82) is 5.41 Å². The van der Waals surface area contributed by atoms with Gasteiger partial charge in [0.25, 0.3) is 5.56 Å². The summed E-state index contributed by atoms with van der Waals surface area (Å²) >= 11 is 0. The molecule has 10 heteroatoms. The molecule has 3 aromatic rings. The zero-order valence-electron chi connectivity index (χ0n) is 19.8. The van der Waals surface area contributed by atoms with Gasteiger partial charge in [-0.2, -0.15) is 8.78 Å². The lowest BCUT2D eigenvalue weighted by Gasteiger charge is -2.29. The number of halogens is 3. The van der Waals surface area contributed by atoms with E-state index in [0.717, 1.165) is 29.5 Å². The van der Waals surface area contributed by atoms with Crippen LogP contribution in [-0.2, 0) is 23.2 Å². The second-order valence-electron chi connectivity index (χ2n) is 9.22. The van der Waals surface area contributed by atoms with E-state index in [0.29, 0.717) is 29.7 Å². The number of amidine groups is 1. The molecule has 1 aromatic heterocycles. The Hall–Kier alpha value is -3.33. The first-order valence-electron chi connectivity index (χ1n) is 11.1. The number of likely N-dealkylation sites (tertiary alicyclic amines) is 1. The van der Waals surface area contributed by atoms with Crippen LogP contribution in [0.4, 0.5) is 8.78 Å². The number of rotatable bonds is 5. The molecule has 2 heterocycles. The molecule has 0 saturated carbocycles. The predicted octanol–water partition coefficient (Wildman–Crippen LogP) is 3.68. The van der Waals surface area contributed by atoms with Crippen molar-refractivity contribution < 1.29 is 13.6 Å². The number of amides is 1. The SMILES string of the molecule is Cl.Cn1c(=O)c(C(F)(F)c2ccc(C(=N)N)cc2)nc2cc(C(C)(C)C(=O)N3CCCC3)ccc21. The molecule has 1 saturated heterocycles. The van der Waals surface area contributed by atoms with Crippen molar-refractivity contribution in [3.8, 4) is 0 Å². The van der Waals surface area contributed by atoms with E-state index >= 15 is 8.78 Å². The Balaban J connectivity index is 0.00000342. The average Bonchev–Trinajstić information content (AvgIpc) is 3.35. The summed E-state index contributed by atoms with van der Waals surface area (Å²) in [5.41, 5.74) is 3.83. The van der Waals surface area contributed by atoms with Crippen molar-refractivity contribution in [3.63, 3.8) is 0 Å². The minimum Gasteiger partial charge on any atom is -0.384 e. The fraction of sp³-hybridized carbons (Fsp3) is 0.360. The summed E-state index contributed by atoms with van der Waals surface area (Å²) in [6.07, 6.45) is 1.93. The first-order valence-corrected chi connectivity index (χ1v) is 11.1. The van der Waals surface area contributed by atoms with Gasteiger partial charge >= 0.3 is 5.92 Å². The molecule has 1 aliphatic rings. The number of hydrogen-bond donors (Lipinski definition) is 2. The number of aromatic nitrogens is 2. The molecule has 0 spiro atoms. The summed E-state index contributed by atoms with van der Waals surface area (Å²) in [6.45, 7) is 5.04. The van der Waals surface area contributed by atoms with Crippen molar-refractivity contribution in [2.24, 2.45) is 12.8 Å². The Bertz CT molecular complexity index is 1350. The first-order chi connectivity index (χ1) is 15.9. The molecule has 1 fully saturated rings. The van der Waals surface area contributed by atoms with E-state index in [9.17, 15) is 9.59 Å². The highest BCUT2D eigenvalue weighted by atomic mass is 35.5. The molecule has 7 nitrogen and oxygen atoms in total. The number of fused-ring (bicyclic) bond motifs is 1. The van der Waals surface area contributed by atoms with E-state index in [1.54, 1.807) is 18.2 Å². The Morgan fingerprint density at radius 2 is 1.63 bits per heavy atom. The maximum atomic E-state index is 15.4. The molecular formula is C25H28ClF2N5O2. The fourth-order valence-electron chi connectivity index (χ4n) is 4.36. The number of nitrogens with one attached hydrogen (secondary N) is 1. The average molecular weight is 504 g/mol. The zero-order valence-corrected chi connectivity index (χ0v) is 20.6. The van der Waals surface area contributed by atoms with Gasteiger partial charge in [-0.05, 0) is 44.4 Å². The van der Waals surface area contributed by atoms with Crippen molar-refractivity contribution >= 4 is 35.2 Å². The number of aryl methyl sites for hydroxylation is 1. The molecule has 0 unspecified atom stereocenters. The third-order valence-corrected chi connectivity index (χ3v) is 6.58. The van der Waals surface area contributed by atoms with Gasteiger partial charge in [-0.1, -0.05) is 30.3 Å². The lowest BCUT2D eigenvalue weighted by atomic mass is 9.83. The highest BCUT2D eigenvalue weighted by Gasteiger charge is 2.40. The lowest BCUT2D eigenvalue weighted by molar-refractivity contribution is -0.135. The van der Waals surface area contributed by atoms with Gasteiger partial charge in [0.05, 0.1) is 16.4 Å². The molecule has 1 amide bonds. The van der Waals surface area contributed by atoms with E-state index in [1.165, 1.54) is 19.2 Å². The minimum atomic E-state index is -3.67. The normalized spacial score (nSPS) is 14.1. The topological polar surface area (TPSA) is 105 Å². The van der Waals surface area contributed by atoms with Gasteiger partial charge in [-0.3, -0.25) is 15.0 Å². The van der Waals surface area contributed by atoms with Crippen LogP contribution in [0.15, 0.2) is 47.3 Å². The Morgan fingerprint density at radius 3 is 2.20 bits per heavy atom. The highest BCUT2D eigenvalue weighted by molar-refractivity contribution is 5.95. The fourth-order valence-corrected chi connectivity index (χ4v) is 4.36. The molecule has 2 aromatic carbocycles. The van der Waals surface area contributed by atoms with Crippen LogP contribution < -0.4 is 11.3 Å². The summed E-state index contributed by atoms with van der Waals surface area (Å²) in [6, 6.07) is 9.88. The molecule has 0 atom stereocenters. The summed E-state index contributed by atoms with van der Waals surface area (Å²) in [5, 5.41) is 7.43. The second kappa shape index (κ2) is 9.37. The van der Waals surface area contributed by atoms with Gasteiger partial charge < -0.3 is 15.2 Å². The van der Waals surface area contributed by atoms with Crippen molar-refractivity contribution in [3.05, 3.63) is 75.2 Å². The second-order valence-corrected chi connectivity index (χ2v) is 9.22. The van der Waals surface area contributed by atoms with Crippen LogP contribution in [0, 0.1) is 5.41 Å². The van der Waals surface area contributed by atoms with Crippen LogP contribution in [0.1, 0.15) is 49.1 Å². The number of nitrogens with zero attached hydrogens (tertiary/aromatic N) is 3. The first kappa shape index (κ1) is 26.3. The predicted molar refractivity (Wildman–Crippen MR) is 134 cm³/mol. The molecular weight excluding hydrogens is 476 g/mol. The highest BCUT2D eigenvalue weighted by Crippen LogP contribution is 2.34. The number of carbonyl (C=O) groups excluding carboxylic acids is 1. The van der Waals surface area contributed by atoms with Gasteiger partial charge in [0.2, 0.25) is 5.91 Å². The van der Waals surface area contributed by atoms with Crippen molar-refractivity contribution in [2.75, 3.05) is 13.1 Å². The largest absolute Gasteiger partial charge is 0.384 e. The van der Waals surface area contributed by atoms with E-state index < -0.39 is 28.2 Å². The van der Waals surface area contributed by atoms with E-state index in [-0.39, 0.29) is 29.7 Å². The summed E-state index contributed by atoms with van der Waals surface area (Å²) in [7, 11) is 1.42. The summed E-state index contributed by atoms with van der Waals surface area (Å²) in [4.78, 5) is 31.9. The molecule has 3 N–H and O–H groups in total. The zero-order chi connectivity index (χ0) is 24.8. The van der Waals surface area contributed by atoms with Crippen LogP contribution in [0.25, 0.3) is 11.0 Å². The quantitative estimate of drug-likeness (QED) is 0.409. The molecule has 186 valence electrons. The van der Waals surface area contributed by atoms with Crippen molar-refractivity contribution in [1.82, 2.24) is 14.5 Å². The molecule has 0 radical (unpaired) electrons. The maximum Gasteiger partial charge on any atom is 0.320 e. The van der Waals surface area contributed by atoms with Crippen LogP contribution in [-0.4, -0.2) is 39.3 Å². The molecule has 1 aliphatic heterocycles. The van der Waals surface area contributed by atoms with E-state index in [2.05, 4.69) is 4.98 Å². The standard InChI is InChI=1S/C25H27F2N5O2.ClH/c1-24(2,23(34)32-12-4-5-13-32)17-10-11-19-18(14-17)30-20(22(33)31(19)3)25(26,27)16-8-6-15(7-9-16)21(28)29;/h6-11,14H,4-5,12-13H2,1-3H3,(H3,28,29);1H. The number of benzene rings is 2. The van der Waals surface area contributed by atoms with Gasteiger partial charge in [0.1, 0.15) is 5.84 Å². The summed E-state index contributed by atoms with van der Waals surface area (Å²) in [5.74, 6) is -3.94. The maximum absolute atomic E-state index is 15.4.